The third-order valence-corrected chi connectivity index (χ3v) is 5.32. The summed E-state index contributed by atoms with van der Waals surface area (Å²) in [6.07, 6.45) is 3.77. The van der Waals surface area contributed by atoms with Gasteiger partial charge in [-0.05, 0) is 68.8 Å². The molecule has 0 bridgehead atoms. The molecule has 6 nitrogen and oxygen atoms in total. The van der Waals surface area contributed by atoms with Crippen molar-refractivity contribution in [2.75, 3.05) is 26.7 Å². The maximum absolute atomic E-state index is 13.1. The molecule has 0 saturated carbocycles. The van der Waals surface area contributed by atoms with Crippen LogP contribution in [0.25, 0.3) is 17.1 Å². The Kier molecular flexibility index (Phi) is 5.50. The first kappa shape index (κ1) is 18.8. The summed E-state index contributed by atoms with van der Waals surface area (Å²) in [7, 11) is 1.95. The van der Waals surface area contributed by atoms with Crippen molar-refractivity contribution in [3.8, 4) is 17.1 Å². The van der Waals surface area contributed by atoms with Crippen LogP contribution in [0.1, 0.15) is 23.3 Å². The number of piperidine rings is 1. The van der Waals surface area contributed by atoms with Gasteiger partial charge in [-0.15, -0.1) is 0 Å². The third-order valence-electron chi connectivity index (χ3n) is 5.07. The molecule has 0 spiro atoms. The van der Waals surface area contributed by atoms with Gasteiger partial charge in [-0.25, -0.2) is 4.68 Å². The molecule has 1 aliphatic rings. The number of furan rings is 1. The fourth-order valence-corrected chi connectivity index (χ4v) is 3.86. The molecule has 2 aromatic heterocycles. The highest BCUT2D eigenvalue weighted by molar-refractivity contribution is 6.30. The highest BCUT2D eigenvalue weighted by Gasteiger charge is 2.27. The number of likely N-dealkylation sites (tertiary alicyclic amines) is 1. The van der Waals surface area contributed by atoms with E-state index in [-0.39, 0.29) is 5.91 Å². The Bertz CT molecular complexity index is 932. The van der Waals surface area contributed by atoms with Crippen LogP contribution in [0.2, 0.25) is 5.02 Å². The SMILES string of the molecule is CNCC1CCCN(C(=O)c2cc(-c3ccco3)n(-c3ccc(Cl)cc3)n2)C1. The van der Waals surface area contributed by atoms with E-state index >= 15 is 0 Å². The Morgan fingerprint density at radius 1 is 1.32 bits per heavy atom. The van der Waals surface area contributed by atoms with Gasteiger partial charge in [0.25, 0.3) is 5.91 Å². The van der Waals surface area contributed by atoms with Gasteiger partial charge in [0.1, 0.15) is 5.69 Å². The normalized spacial score (nSPS) is 17.1. The standard InChI is InChI=1S/C21H23ClN4O2/c1-23-13-15-4-2-10-25(14-15)21(27)18-12-19(20-5-3-11-28-20)26(24-18)17-8-6-16(22)7-9-17/h3,5-9,11-12,15,23H,2,4,10,13-14H2,1H3. The molecule has 4 rings (SSSR count). The summed E-state index contributed by atoms with van der Waals surface area (Å²) < 4.78 is 7.31. The molecule has 7 heteroatoms. The zero-order valence-electron chi connectivity index (χ0n) is 15.8. The number of carbonyl (C=O) groups excluding carboxylic acids is 1. The molecule has 1 aliphatic heterocycles. The number of hydrogen-bond acceptors (Lipinski definition) is 4. The van der Waals surface area contributed by atoms with E-state index in [0.717, 1.165) is 43.9 Å². The minimum Gasteiger partial charge on any atom is -0.463 e. The van der Waals surface area contributed by atoms with Crippen LogP contribution in [0.15, 0.2) is 53.1 Å². The van der Waals surface area contributed by atoms with E-state index in [9.17, 15) is 4.79 Å². The van der Waals surface area contributed by atoms with Crippen LogP contribution in [0.4, 0.5) is 0 Å². The van der Waals surface area contributed by atoms with Gasteiger partial charge < -0.3 is 14.6 Å². The summed E-state index contributed by atoms with van der Waals surface area (Å²) in [4.78, 5) is 15.1. The van der Waals surface area contributed by atoms with Crippen molar-refractivity contribution in [3.63, 3.8) is 0 Å². The third kappa shape index (κ3) is 3.84. The summed E-state index contributed by atoms with van der Waals surface area (Å²) in [5.74, 6) is 1.10. The first-order valence-corrected chi connectivity index (χ1v) is 9.87. The lowest BCUT2D eigenvalue weighted by molar-refractivity contribution is 0.0668. The second-order valence-electron chi connectivity index (χ2n) is 7.10. The van der Waals surface area contributed by atoms with Crippen molar-refractivity contribution >= 4 is 17.5 Å². The van der Waals surface area contributed by atoms with Crippen molar-refractivity contribution in [3.05, 3.63) is 59.4 Å². The van der Waals surface area contributed by atoms with Gasteiger partial charge in [-0.2, -0.15) is 5.10 Å². The number of nitrogens with one attached hydrogen (secondary N) is 1. The Morgan fingerprint density at radius 3 is 2.86 bits per heavy atom. The van der Waals surface area contributed by atoms with E-state index in [1.54, 1.807) is 29.1 Å². The molecule has 0 aliphatic carbocycles. The van der Waals surface area contributed by atoms with Crippen molar-refractivity contribution in [1.29, 1.82) is 0 Å². The Morgan fingerprint density at radius 2 is 2.14 bits per heavy atom. The predicted molar refractivity (Wildman–Crippen MR) is 109 cm³/mol. The second-order valence-corrected chi connectivity index (χ2v) is 7.53. The van der Waals surface area contributed by atoms with E-state index in [1.807, 2.05) is 36.2 Å². The van der Waals surface area contributed by atoms with Crippen molar-refractivity contribution in [2.45, 2.75) is 12.8 Å². The predicted octanol–water partition coefficient (Wildman–Crippen LogP) is 3.86. The summed E-state index contributed by atoms with van der Waals surface area (Å²) in [5.41, 5.74) is 1.98. The van der Waals surface area contributed by atoms with Gasteiger partial charge in [0.2, 0.25) is 0 Å². The highest BCUT2D eigenvalue weighted by Crippen LogP contribution is 2.26. The molecule has 1 amide bonds. The molecule has 1 N–H and O–H groups in total. The van der Waals surface area contributed by atoms with Crippen LogP contribution in [-0.2, 0) is 0 Å². The van der Waals surface area contributed by atoms with E-state index in [2.05, 4.69) is 10.4 Å². The Labute approximate surface area is 169 Å². The number of amides is 1. The van der Waals surface area contributed by atoms with Crippen molar-refractivity contribution in [1.82, 2.24) is 20.0 Å². The van der Waals surface area contributed by atoms with Crippen molar-refractivity contribution in [2.24, 2.45) is 5.92 Å². The molecule has 28 heavy (non-hydrogen) atoms. The molecular weight excluding hydrogens is 376 g/mol. The van der Waals surface area contributed by atoms with Crippen LogP contribution >= 0.6 is 11.6 Å². The summed E-state index contributed by atoms with van der Waals surface area (Å²) in [5, 5.41) is 8.48. The molecule has 1 atom stereocenters. The highest BCUT2D eigenvalue weighted by atomic mass is 35.5. The number of carbonyl (C=O) groups is 1. The molecule has 1 fully saturated rings. The lowest BCUT2D eigenvalue weighted by Gasteiger charge is -2.32. The van der Waals surface area contributed by atoms with Gasteiger partial charge >= 0.3 is 0 Å². The Balaban J connectivity index is 1.67. The van der Waals surface area contributed by atoms with Gasteiger partial charge in [-0.1, -0.05) is 11.6 Å². The van der Waals surface area contributed by atoms with Crippen LogP contribution in [0.5, 0.6) is 0 Å². The molecule has 3 aromatic rings. The quantitative estimate of drug-likeness (QED) is 0.708. The average Bonchev–Trinajstić information content (AvgIpc) is 3.38. The number of rotatable bonds is 5. The fourth-order valence-electron chi connectivity index (χ4n) is 3.73. The molecule has 1 unspecified atom stereocenters. The maximum Gasteiger partial charge on any atom is 0.274 e. The zero-order valence-corrected chi connectivity index (χ0v) is 16.5. The monoisotopic (exact) mass is 398 g/mol. The van der Waals surface area contributed by atoms with Gasteiger partial charge in [-0.3, -0.25) is 4.79 Å². The largest absolute Gasteiger partial charge is 0.463 e. The molecule has 146 valence electrons. The Hall–Kier alpha value is -2.57. The second kappa shape index (κ2) is 8.20. The van der Waals surface area contributed by atoms with Crippen LogP contribution in [-0.4, -0.2) is 47.3 Å². The fraction of sp³-hybridized carbons (Fsp3) is 0.333. The summed E-state index contributed by atoms with van der Waals surface area (Å²) >= 11 is 6.02. The number of benzene rings is 1. The van der Waals surface area contributed by atoms with Crippen LogP contribution in [0.3, 0.4) is 0 Å². The smallest absolute Gasteiger partial charge is 0.274 e. The lowest BCUT2D eigenvalue weighted by Crippen LogP contribution is -2.42. The maximum atomic E-state index is 13.1. The summed E-state index contributed by atoms with van der Waals surface area (Å²) in [6.45, 7) is 2.44. The minimum absolute atomic E-state index is 0.0404. The van der Waals surface area contributed by atoms with E-state index < -0.39 is 0 Å². The number of nitrogens with zero attached hydrogens (tertiary/aromatic N) is 3. The zero-order chi connectivity index (χ0) is 19.5. The molecular formula is C21H23ClN4O2. The minimum atomic E-state index is -0.0404. The van der Waals surface area contributed by atoms with E-state index in [1.165, 1.54) is 0 Å². The first-order valence-electron chi connectivity index (χ1n) is 9.49. The van der Waals surface area contributed by atoms with Gasteiger partial charge in [0.15, 0.2) is 11.5 Å². The molecule has 0 radical (unpaired) electrons. The number of halogens is 1. The number of hydrogen-bond donors (Lipinski definition) is 1. The molecule has 1 aromatic carbocycles. The van der Waals surface area contributed by atoms with E-state index in [0.29, 0.717) is 22.4 Å². The van der Waals surface area contributed by atoms with Crippen LogP contribution < -0.4 is 5.32 Å². The van der Waals surface area contributed by atoms with Gasteiger partial charge in [0.05, 0.1) is 12.0 Å². The van der Waals surface area contributed by atoms with Crippen LogP contribution in [0, 0.1) is 5.92 Å². The molecule has 3 heterocycles. The average molecular weight is 399 g/mol. The summed E-state index contributed by atoms with van der Waals surface area (Å²) in [6, 6.07) is 12.8. The first-order chi connectivity index (χ1) is 13.7. The molecule has 1 saturated heterocycles. The lowest BCUT2D eigenvalue weighted by atomic mass is 9.98. The van der Waals surface area contributed by atoms with Gasteiger partial charge in [0, 0.05) is 24.2 Å². The van der Waals surface area contributed by atoms with E-state index in [4.69, 9.17) is 16.0 Å². The number of aromatic nitrogens is 2. The topological polar surface area (TPSA) is 63.3 Å². The van der Waals surface area contributed by atoms with Crippen molar-refractivity contribution < 1.29 is 9.21 Å².